The molecule has 9 aromatic rings. The van der Waals surface area contributed by atoms with Crippen LogP contribution in [-0.2, 0) is 5.41 Å². The highest BCUT2D eigenvalue weighted by Gasteiger charge is 2.51. The molecule has 1 aromatic heterocycles. The van der Waals surface area contributed by atoms with E-state index in [1.807, 2.05) is 0 Å². The van der Waals surface area contributed by atoms with Crippen LogP contribution in [0.1, 0.15) is 33.4 Å². The zero-order chi connectivity index (χ0) is 38.1. The lowest BCUT2D eigenvalue weighted by atomic mass is 9.70. The zero-order valence-electron chi connectivity index (χ0n) is 32.0. The lowest BCUT2D eigenvalue weighted by molar-refractivity contribution is 0.794. The zero-order valence-corrected chi connectivity index (χ0v) is 32.0. The largest absolute Gasteiger partial charge is 0.248 e. The maximum absolute atomic E-state index is 5.41. The molecule has 11 rings (SSSR count). The van der Waals surface area contributed by atoms with Gasteiger partial charge >= 0.3 is 0 Å². The van der Waals surface area contributed by atoms with Crippen molar-refractivity contribution < 1.29 is 0 Å². The molecule has 268 valence electrons. The van der Waals surface area contributed by atoms with Crippen molar-refractivity contribution in [2.75, 3.05) is 0 Å². The van der Waals surface area contributed by atoms with Crippen molar-refractivity contribution in [3.8, 4) is 78.1 Å². The minimum absolute atomic E-state index is 0.401. The van der Waals surface area contributed by atoms with Crippen LogP contribution < -0.4 is 0 Å². The molecule has 1 heteroatoms. The van der Waals surface area contributed by atoms with Crippen molar-refractivity contribution in [2.45, 2.75) is 19.3 Å². The molecular weight excluding hydrogens is 687 g/mol. The predicted octanol–water partition coefficient (Wildman–Crippen LogP) is 14.4. The first kappa shape index (κ1) is 33.3. The summed E-state index contributed by atoms with van der Waals surface area (Å²) in [6, 6.07) is 74.0. The highest BCUT2D eigenvalue weighted by molar-refractivity contribution is 5.96. The average molecular weight is 726 g/mol. The molecular formula is C56H39N. The van der Waals surface area contributed by atoms with Gasteiger partial charge in [-0.2, -0.15) is 0 Å². The van der Waals surface area contributed by atoms with E-state index in [1.165, 1.54) is 77.9 Å². The van der Waals surface area contributed by atoms with Crippen LogP contribution in [0, 0.1) is 13.8 Å². The molecule has 0 fully saturated rings. The molecule has 0 saturated heterocycles. The summed E-state index contributed by atoms with van der Waals surface area (Å²) >= 11 is 0. The van der Waals surface area contributed by atoms with E-state index in [0.717, 1.165) is 33.6 Å². The van der Waals surface area contributed by atoms with Crippen molar-refractivity contribution in [3.05, 3.63) is 234 Å². The second kappa shape index (κ2) is 13.0. The number of nitrogens with zero attached hydrogens (tertiary/aromatic N) is 1. The monoisotopic (exact) mass is 725 g/mol. The van der Waals surface area contributed by atoms with Gasteiger partial charge < -0.3 is 0 Å². The third-order valence-corrected chi connectivity index (χ3v) is 12.2. The highest BCUT2D eigenvalue weighted by Crippen LogP contribution is 2.63. The van der Waals surface area contributed by atoms with Gasteiger partial charge in [0.2, 0.25) is 0 Å². The van der Waals surface area contributed by atoms with Crippen molar-refractivity contribution in [2.24, 2.45) is 0 Å². The summed E-state index contributed by atoms with van der Waals surface area (Å²) in [5.74, 6) is 0. The summed E-state index contributed by atoms with van der Waals surface area (Å²) in [5.41, 5.74) is 23.9. The second-order valence-corrected chi connectivity index (χ2v) is 15.7. The molecule has 57 heavy (non-hydrogen) atoms. The Hall–Kier alpha value is -7.09. The molecule has 1 spiro atoms. The average Bonchev–Trinajstić information content (AvgIpc) is 3.74. The summed E-state index contributed by atoms with van der Waals surface area (Å²) in [7, 11) is 0. The molecule has 2 aliphatic carbocycles. The topological polar surface area (TPSA) is 12.9 Å². The quantitative estimate of drug-likeness (QED) is 0.172. The summed E-state index contributed by atoms with van der Waals surface area (Å²) in [4.78, 5) is 5.41. The van der Waals surface area contributed by atoms with E-state index >= 15 is 0 Å². The normalized spacial score (nSPS) is 12.9. The number of hydrogen-bond acceptors (Lipinski definition) is 1. The fraction of sp³-hybridized carbons (Fsp3) is 0.0536. The second-order valence-electron chi connectivity index (χ2n) is 15.7. The van der Waals surface area contributed by atoms with Crippen molar-refractivity contribution >= 4 is 0 Å². The maximum Gasteiger partial charge on any atom is 0.0725 e. The van der Waals surface area contributed by atoms with Crippen molar-refractivity contribution in [1.29, 1.82) is 0 Å². The fourth-order valence-corrected chi connectivity index (χ4v) is 9.48. The molecule has 0 unspecified atom stereocenters. The molecule has 0 atom stereocenters. The Morgan fingerprint density at radius 2 is 0.684 bits per heavy atom. The molecule has 0 radical (unpaired) electrons. The number of pyridine rings is 1. The molecule has 8 aromatic carbocycles. The summed E-state index contributed by atoms with van der Waals surface area (Å²) in [6.07, 6.45) is 0. The lowest BCUT2D eigenvalue weighted by Gasteiger charge is -2.30. The van der Waals surface area contributed by atoms with E-state index in [9.17, 15) is 0 Å². The number of benzene rings is 8. The first-order valence-corrected chi connectivity index (χ1v) is 19.9. The van der Waals surface area contributed by atoms with Gasteiger partial charge in [-0.05, 0) is 128 Å². The molecule has 2 aliphatic rings. The van der Waals surface area contributed by atoms with Crippen LogP contribution in [-0.4, -0.2) is 4.98 Å². The lowest BCUT2D eigenvalue weighted by Crippen LogP contribution is -2.25. The summed E-state index contributed by atoms with van der Waals surface area (Å²) < 4.78 is 0. The smallest absolute Gasteiger partial charge is 0.0725 e. The molecule has 0 aliphatic heterocycles. The Morgan fingerprint density at radius 1 is 0.281 bits per heavy atom. The van der Waals surface area contributed by atoms with E-state index in [0.29, 0.717) is 0 Å². The van der Waals surface area contributed by atoms with E-state index in [1.54, 1.807) is 0 Å². The van der Waals surface area contributed by atoms with Crippen molar-refractivity contribution in [3.63, 3.8) is 0 Å². The van der Waals surface area contributed by atoms with Gasteiger partial charge in [-0.25, -0.2) is 4.98 Å². The van der Waals surface area contributed by atoms with Gasteiger partial charge in [-0.15, -0.1) is 0 Å². The SMILES string of the molecule is Cc1ccc(-c2cc(-c3ccc(C)cc3)nc(-c3cc(-c4ccccc4)cc(-c4ccc5c(c4)C4(c6ccccc6-c6ccccc64)c4ccccc4-5)c3)c2)cc1. The summed E-state index contributed by atoms with van der Waals surface area (Å²) in [5, 5.41) is 0. The Bertz CT molecular complexity index is 2880. The summed E-state index contributed by atoms with van der Waals surface area (Å²) in [6.45, 7) is 4.27. The third-order valence-electron chi connectivity index (χ3n) is 12.2. The minimum atomic E-state index is -0.401. The first-order valence-electron chi connectivity index (χ1n) is 19.9. The van der Waals surface area contributed by atoms with Gasteiger partial charge in [0, 0.05) is 11.1 Å². The van der Waals surface area contributed by atoms with Crippen LogP contribution in [0.5, 0.6) is 0 Å². The minimum Gasteiger partial charge on any atom is -0.248 e. The Balaban J connectivity index is 1.15. The number of rotatable bonds is 5. The predicted molar refractivity (Wildman–Crippen MR) is 237 cm³/mol. The standard InChI is InChI=1S/C56H39N/c1-36-20-24-39(25-21-36)44-34-54(40-26-22-37(2)23-27-40)57-55(35-44)45-31-42(38-12-4-3-5-13-38)30-43(32-45)41-28-29-49-48-16-8-11-19-52(48)56(53(49)33-41)50-17-9-6-14-46(50)47-15-7-10-18-51(47)56/h3-35H,1-2H3. The van der Waals surface area contributed by atoms with Crippen molar-refractivity contribution in [1.82, 2.24) is 4.98 Å². The van der Waals surface area contributed by atoms with Gasteiger partial charge in [0.1, 0.15) is 0 Å². The fourth-order valence-electron chi connectivity index (χ4n) is 9.48. The molecule has 0 N–H and O–H groups in total. The number of aromatic nitrogens is 1. The Morgan fingerprint density at radius 3 is 1.26 bits per heavy atom. The first-order chi connectivity index (χ1) is 28.0. The van der Waals surface area contributed by atoms with Crippen LogP contribution in [0.4, 0.5) is 0 Å². The van der Waals surface area contributed by atoms with E-state index < -0.39 is 5.41 Å². The molecule has 0 amide bonds. The molecule has 1 nitrogen and oxygen atoms in total. The van der Waals surface area contributed by atoms with Crippen LogP contribution in [0.15, 0.2) is 200 Å². The van der Waals surface area contributed by atoms with E-state index in [4.69, 9.17) is 4.98 Å². The molecule has 1 heterocycles. The number of fused-ring (bicyclic) bond motifs is 10. The highest BCUT2D eigenvalue weighted by atomic mass is 14.7. The molecule has 0 bridgehead atoms. The van der Waals surface area contributed by atoms with Crippen LogP contribution in [0.25, 0.3) is 78.1 Å². The number of aryl methyl sites for hydroxylation is 2. The van der Waals surface area contributed by atoms with Gasteiger partial charge in [0.15, 0.2) is 0 Å². The van der Waals surface area contributed by atoms with E-state index in [2.05, 4.69) is 214 Å². The van der Waals surface area contributed by atoms with Gasteiger partial charge in [-0.1, -0.05) is 175 Å². The van der Waals surface area contributed by atoms with E-state index in [-0.39, 0.29) is 0 Å². The van der Waals surface area contributed by atoms with Crippen LogP contribution >= 0.6 is 0 Å². The van der Waals surface area contributed by atoms with Gasteiger partial charge in [-0.3, -0.25) is 0 Å². The number of hydrogen-bond donors (Lipinski definition) is 0. The van der Waals surface area contributed by atoms with Gasteiger partial charge in [0.05, 0.1) is 16.8 Å². The Labute approximate surface area is 334 Å². The van der Waals surface area contributed by atoms with Crippen LogP contribution in [0.3, 0.4) is 0 Å². The third kappa shape index (κ3) is 5.27. The maximum atomic E-state index is 5.41. The Kier molecular flexibility index (Phi) is 7.59. The van der Waals surface area contributed by atoms with Crippen LogP contribution in [0.2, 0.25) is 0 Å². The molecule has 0 saturated carbocycles. The van der Waals surface area contributed by atoms with Gasteiger partial charge in [0.25, 0.3) is 0 Å².